The number of ketones is 1. The Hall–Kier alpha value is -0.640. The van der Waals surface area contributed by atoms with E-state index in [9.17, 15) is 9.59 Å². The smallest absolute Gasteiger partial charge is 0.312 e. The third-order valence-corrected chi connectivity index (χ3v) is 14.0. The number of ether oxygens (including phenoxy) is 1. The topological polar surface area (TPSA) is 43.4 Å². The lowest BCUT2D eigenvalue weighted by Gasteiger charge is -2.71. The molecule has 0 bridgehead atoms. The number of allylic oxidation sites excluding steroid dienone is 2. The molecule has 0 radical (unpaired) electrons. The number of carbonyl (C=O) groups excluding carboxylic acids is 2. The molecule has 0 N–H and O–H groups in total. The summed E-state index contributed by atoms with van der Waals surface area (Å²) < 4.78 is 5.51. The standard InChI is InChI=1S/C31H47BrO3/c1-18-11-14-31(26(34)35-8)16-15-29(6)20(24(31)19(18)2)9-10-23-28(5)17-21(32)25(33)27(3,4)22(28)12-13-30(23,29)7/h9,18-19,21-24H,10-17H2,1-8H3/t18-,19+,21+,22?,23-,24+,28+,29-,30-,31+/m1/s1. The lowest BCUT2D eigenvalue weighted by atomic mass is 9.33. The molecule has 0 aromatic carbocycles. The summed E-state index contributed by atoms with van der Waals surface area (Å²) in [6, 6.07) is 0. The molecule has 3 nitrogen and oxygen atoms in total. The number of methoxy groups -OCH3 is 1. The zero-order valence-corrected chi connectivity index (χ0v) is 24.9. The molecule has 1 unspecified atom stereocenters. The highest BCUT2D eigenvalue weighted by atomic mass is 79.9. The number of hydrogen-bond donors (Lipinski definition) is 0. The molecule has 0 amide bonds. The van der Waals surface area contributed by atoms with E-state index in [0.717, 1.165) is 44.9 Å². The fourth-order valence-electron chi connectivity index (χ4n) is 10.9. The monoisotopic (exact) mass is 546 g/mol. The number of hydrogen-bond acceptors (Lipinski definition) is 3. The van der Waals surface area contributed by atoms with Crippen LogP contribution in [0.15, 0.2) is 11.6 Å². The molecule has 4 fully saturated rings. The second kappa shape index (κ2) is 7.93. The van der Waals surface area contributed by atoms with Crippen molar-refractivity contribution in [3.05, 3.63) is 11.6 Å². The van der Waals surface area contributed by atoms with E-state index in [1.54, 1.807) is 12.7 Å². The minimum atomic E-state index is -0.351. The molecule has 196 valence electrons. The van der Waals surface area contributed by atoms with E-state index < -0.39 is 0 Å². The van der Waals surface area contributed by atoms with Crippen LogP contribution in [-0.4, -0.2) is 23.7 Å². The zero-order valence-electron chi connectivity index (χ0n) is 23.3. The molecule has 35 heavy (non-hydrogen) atoms. The molecule has 0 saturated heterocycles. The van der Waals surface area contributed by atoms with Crippen LogP contribution in [0.2, 0.25) is 0 Å². The average molecular weight is 548 g/mol. The molecular weight excluding hydrogens is 500 g/mol. The third-order valence-electron chi connectivity index (χ3n) is 13.3. The molecule has 0 aromatic heterocycles. The normalized spacial score (nSPS) is 52.8. The van der Waals surface area contributed by atoms with Crippen molar-refractivity contribution < 1.29 is 14.3 Å². The molecule has 0 heterocycles. The van der Waals surface area contributed by atoms with Gasteiger partial charge in [-0.15, -0.1) is 0 Å². The molecule has 5 aliphatic rings. The first-order valence-electron chi connectivity index (χ1n) is 14.2. The Morgan fingerprint density at radius 1 is 1.00 bits per heavy atom. The molecule has 0 aliphatic heterocycles. The van der Waals surface area contributed by atoms with Gasteiger partial charge in [-0.2, -0.15) is 0 Å². The van der Waals surface area contributed by atoms with Gasteiger partial charge in [-0.3, -0.25) is 9.59 Å². The predicted octanol–water partition coefficient (Wildman–Crippen LogP) is 7.76. The summed E-state index contributed by atoms with van der Waals surface area (Å²) in [6.07, 6.45) is 11.0. The average Bonchev–Trinajstić information content (AvgIpc) is 2.79. The fraction of sp³-hybridized carbons (Fsp3) is 0.871. The van der Waals surface area contributed by atoms with Crippen molar-refractivity contribution in [3.8, 4) is 0 Å². The summed E-state index contributed by atoms with van der Waals surface area (Å²) in [5.41, 5.74) is 1.34. The highest BCUT2D eigenvalue weighted by Crippen LogP contribution is 2.75. The van der Waals surface area contributed by atoms with Gasteiger partial charge in [-0.1, -0.05) is 76.0 Å². The van der Waals surface area contributed by atoms with Crippen molar-refractivity contribution in [1.29, 1.82) is 0 Å². The Kier molecular flexibility index (Phi) is 5.89. The third kappa shape index (κ3) is 3.07. The van der Waals surface area contributed by atoms with E-state index in [0.29, 0.717) is 29.5 Å². The lowest BCUT2D eigenvalue weighted by Crippen LogP contribution is -2.66. The molecule has 0 spiro atoms. The summed E-state index contributed by atoms with van der Waals surface area (Å²) in [6.45, 7) is 16.8. The zero-order chi connectivity index (χ0) is 25.8. The van der Waals surface area contributed by atoms with Crippen LogP contribution in [0, 0.1) is 56.7 Å². The number of esters is 1. The van der Waals surface area contributed by atoms with Crippen molar-refractivity contribution in [2.24, 2.45) is 56.7 Å². The van der Waals surface area contributed by atoms with Crippen molar-refractivity contribution in [3.63, 3.8) is 0 Å². The molecule has 4 saturated carbocycles. The molecule has 0 aromatic rings. The quantitative estimate of drug-likeness (QED) is 0.191. The number of fused-ring (bicyclic) bond motifs is 7. The second-order valence-corrected chi connectivity index (χ2v) is 15.7. The Morgan fingerprint density at radius 3 is 2.34 bits per heavy atom. The minimum absolute atomic E-state index is 0.0295. The Bertz CT molecular complexity index is 968. The van der Waals surface area contributed by atoms with Crippen LogP contribution in [0.1, 0.15) is 99.8 Å². The van der Waals surface area contributed by atoms with Crippen LogP contribution in [0.5, 0.6) is 0 Å². The number of alkyl halides is 1. The van der Waals surface area contributed by atoms with Crippen LogP contribution in [-0.2, 0) is 14.3 Å². The number of carbonyl (C=O) groups is 2. The van der Waals surface area contributed by atoms with Gasteiger partial charge in [0.25, 0.3) is 0 Å². The number of rotatable bonds is 1. The summed E-state index contributed by atoms with van der Waals surface area (Å²) in [5.74, 6) is 2.80. The van der Waals surface area contributed by atoms with Gasteiger partial charge < -0.3 is 4.74 Å². The Morgan fingerprint density at radius 2 is 1.69 bits per heavy atom. The van der Waals surface area contributed by atoms with Crippen LogP contribution in [0.4, 0.5) is 0 Å². The van der Waals surface area contributed by atoms with E-state index in [4.69, 9.17) is 4.74 Å². The predicted molar refractivity (Wildman–Crippen MR) is 144 cm³/mol. The van der Waals surface area contributed by atoms with Crippen molar-refractivity contribution in [2.45, 2.75) is 105 Å². The van der Waals surface area contributed by atoms with Gasteiger partial charge in [0.15, 0.2) is 5.78 Å². The highest BCUT2D eigenvalue weighted by Gasteiger charge is 2.70. The number of halogens is 1. The van der Waals surface area contributed by atoms with Gasteiger partial charge in [0.1, 0.15) is 0 Å². The second-order valence-electron chi connectivity index (χ2n) is 14.6. The highest BCUT2D eigenvalue weighted by molar-refractivity contribution is 9.10. The van der Waals surface area contributed by atoms with Gasteiger partial charge in [0.2, 0.25) is 0 Å². The van der Waals surface area contributed by atoms with Crippen LogP contribution >= 0.6 is 15.9 Å². The van der Waals surface area contributed by atoms with E-state index in [-0.39, 0.29) is 43.8 Å². The summed E-state index contributed by atoms with van der Waals surface area (Å²) >= 11 is 3.82. The van der Waals surface area contributed by atoms with Crippen LogP contribution in [0.25, 0.3) is 0 Å². The molecule has 10 atom stereocenters. The lowest BCUT2D eigenvalue weighted by molar-refractivity contribution is -0.190. The van der Waals surface area contributed by atoms with Gasteiger partial charge in [0, 0.05) is 5.41 Å². The summed E-state index contributed by atoms with van der Waals surface area (Å²) in [7, 11) is 1.59. The molecule has 4 heteroatoms. The first-order chi connectivity index (χ1) is 16.2. The maximum Gasteiger partial charge on any atom is 0.312 e. The van der Waals surface area contributed by atoms with Crippen molar-refractivity contribution >= 4 is 27.7 Å². The van der Waals surface area contributed by atoms with Gasteiger partial charge in [-0.25, -0.2) is 0 Å². The maximum atomic E-state index is 13.4. The van der Waals surface area contributed by atoms with Gasteiger partial charge in [0.05, 0.1) is 17.4 Å². The van der Waals surface area contributed by atoms with E-state index in [1.165, 1.54) is 6.42 Å². The largest absolute Gasteiger partial charge is 0.469 e. The van der Waals surface area contributed by atoms with E-state index in [1.807, 2.05) is 0 Å². The minimum Gasteiger partial charge on any atom is -0.469 e. The van der Waals surface area contributed by atoms with Gasteiger partial charge >= 0.3 is 5.97 Å². The Balaban J connectivity index is 1.63. The van der Waals surface area contributed by atoms with Crippen LogP contribution in [0.3, 0.4) is 0 Å². The SMILES string of the molecule is COC(=O)[C@]12CC[C@@H](C)[C@H](C)[C@H]1C1=CC[C@@H]3[C@@]4(C)C[C@H](Br)C(=O)C(C)(C)C4CC[C@@]3(C)[C@]1(C)CC2. The van der Waals surface area contributed by atoms with E-state index >= 15 is 0 Å². The number of Topliss-reactive ketones (excluding diaryl/α,β-unsaturated/α-hetero) is 1. The van der Waals surface area contributed by atoms with Gasteiger partial charge in [-0.05, 0) is 97.2 Å². The molecular formula is C31H47BrO3. The van der Waals surface area contributed by atoms with E-state index in [2.05, 4.69) is 70.5 Å². The summed E-state index contributed by atoms with van der Waals surface area (Å²) in [5, 5.41) is 0. The van der Waals surface area contributed by atoms with Crippen molar-refractivity contribution in [1.82, 2.24) is 0 Å². The fourth-order valence-corrected chi connectivity index (χ4v) is 12.2. The molecule has 5 rings (SSSR count). The van der Waals surface area contributed by atoms with Crippen molar-refractivity contribution in [2.75, 3.05) is 7.11 Å². The Labute approximate surface area is 221 Å². The maximum absolute atomic E-state index is 13.4. The first-order valence-corrected chi connectivity index (χ1v) is 15.1. The molecule has 5 aliphatic carbocycles. The van der Waals surface area contributed by atoms with Crippen LogP contribution < -0.4 is 0 Å². The first kappa shape index (κ1) is 26.0. The summed E-state index contributed by atoms with van der Waals surface area (Å²) in [4.78, 5) is 26.6.